The third-order valence-corrected chi connectivity index (χ3v) is 2.28. The van der Waals surface area contributed by atoms with Gasteiger partial charge in [-0.25, -0.2) is 4.79 Å². The first-order valence-corrected chi connectivity index (χ1v) is 4.32. The summed E-state index contributed by atoms with van der Waals surface area (Å²) in [4.78, 5) is 23.2. The van der Waals surface area contributed by atoms with Gasteiger partial charge in [0, 0.05) is 18.7 Å². The molecule has 0 radical (unpaired) electrons. The van der Waals surface area contributed by atoms with Crippen molar-refractivity contribution in [3.05, 3.63) is 29.8 Å². The van der Waals surface area contributed by atoms with Gasteiger partial charge >= 0.3 is 5.97 Å². The van der Waals surface area contributed by atoms with Crippen LogP contribution in [0.3, 0.4) is 0 Å². The number of carbonyl (C=O) groups excluding carboxylic acids is 1. The van der Waals surface area contributed by atoms with Gasteiger partial charge in [-0.3, -0.25) is 4.79 Å². The van der Waals surface area contributed by atoms with E-state index in [2.05, 4.69) is 0 Å². The second-order valence-corrected chi connectivity index (χ2v) is 3.15. The number of carboxylic acids is 1. The molecule has 1 saturated heterocycles. The average Bonchev–Trinajstić information content (AvgIpc) is 2.16. The normalized spacial score (nSPS) is 15.1. The summed E-state index contributed by atoms with van der Waals surface area (Å²) < 4.78 is 0. The lowest BCUT2D eigenvalue weighted by molar-refractivity contribution is -0.122. The van der Waals surface area contributed by atoms with E-state index in [1.165, 1.54) is 12.1 Å². The molecule has 0 atom stereocenters. The number of nitrogens with zero attached hydrogens (tertiary/aromatic N) is 1. The topological polar surface area (TPSA) is 57.6 Å². The maximum atomic E-state index is 11.1. The van der Waals surface area contributed by atoms with Crippen molar-refractivity contribution in [2.24, 2.45) is 0 Å². The monoisotopic (exact) mass is 191 g/mol. The highest BCUT2D eigenvalue weighted by atomic mass is 16.4. The first-order chi connectivity index (χ1) is 6.68. The van der Waals surface area contributed by atoms with Gasteiger partial charge < -0.3 is 10.0 Å². The highest BCUT2D eigenvalue weighted by molar-refractivity contribution is 5.99. The van der Waals surface area contributed by atoms with Crippen molar-refractivity contribution < 1.29 is 14.7 Å². The molecule has 0 aliphatic carbocycles. The van der Waals surface area contributed by atoms with Gasteiger partial charge in [-0.15, -0.1) is 0 Å². The zero-order valence-corrected chi connectivity index (χ0v) is 7.43. The molecule has 0 saturated carbocycles. The fourth-order valence-corrected chi connectivity index (χ4v) is 1.37. The van der Waals surface area contributed by atoms with Crippen LogP contribution in [0.5, 0.6) is 0 Å². The van der Waals surface area contributed by atoms with E-state index in [4.69, 9.17) is 5.11 Å². The Hall–Kier alpha value is -1.84. The van der Waals surface area contributed by atoms with Crippen LogP contribution in [-0.4, -0.2) is 23.5 Å². The molecule has 0 unspecified atom stereocenters. The Labute approximate surface area is 80.8 Å². The predicted molar refractivity (Wildman–Crippen MR) is 50.4 cm³/mol. The van der Waals surface area contributed by atoms with Crippen LogP contribution in [0.15, 0.2) is 24.3 Å². The van der Waals surface area contributed by atoms with E-state index in [0.717, 1.165) is 12.2 Å². The molecule has 2 rings (SSSR count). The second-order valence-electron chi connectivity index (χ2n) is 3.15. The summed E-state index contributed by atoms with van der Waals surface area (Å²) >= 11 is 0. The first-order valence-electron chi connectivity index (χ1n) is 4.32. The van der Waals surface area contributed by atoms with Crippen LogP contribution in [0.1, 0.15) is 16.8 Å². The standard InChI is InChI=1S/C10H9NO3/c12-9-5-6-11(9)8-3-1-7(2-4-8)10(13)14/h1-4H,5-6H2,(H,13,14). The Morgan fingerprint density at radius 2 is 1.93 bits per heavy atom. The van der Waals surface area contributed by atoms with Gasteiger partial charge in [0.05, 0.1) is 5.56 Å². The van der Waals surface area contributed by atoms with Crippen molar-refractivity contribution in [1.29, 1.82) is 0 Å². The molecular formula is C10H9NO3. The molecule has 1 amide bonds. The Morgan fingerprint density at radius 3 is 2.29 bits per heavy atom. The lowest BCUT2D eigenvalue weighted by Gasteiger charge is -2.30. The summed E-state index contributed by atoms with van der Waals surface area (Å²) in [5.74, 6) is -0.862. The number of hydrogen-bond donors (Lipinski definition) is 1. The molecule has 1 aliphatic heterocycles. The number of carbonyl (C=O) groups is 2. The molecule has 4 heteroatoms. The first kappa shape index (κ1) is 8.74. The quantitative estimate of drug-likeness (QED) is 0.712. The van der Waals surface area contributed by atoms with E-state index in [1.54, 1.807) is 17.0 Å². The van der Waals surface area contributed by atoms with E-state index < -0.39 is 5.97 Å². The third kappa shape index (κ3) is 1.35. The molecule has 0 aromatic heterocycles. The third-order valence-electron chi connectivity index (χ3n) is 2.28. The fourth-order valence-electron chi connectivity index (χ4n) is 1.37. The number of hydrogen-bond acceptors (Lipinski definition) is 2. The molecule has 1 aliphatic rings. The molecule has 72 valence electrons. The Balaban J connectivity index is 2.21. The van der Waals surface area contributed by atoms with Crippen LogP contribution in [0, 0.1) is 0 Å². The van der Waals surface area contributed by atoms with Gasteiger partial charge in [-0.2, -0.15) is 0 Å². The van der Waals surface area contributed by atoms with Crippen LogP contribution >= 0.6 is 0 Å². The highest BCUT2D eigenvalue weighted by Gasteiger charge is 2.24. The second kappa shape index (κ2) is 3.14. The molecule has 1 fully saturated rings. The number of amides is 1. The van der Waals surface area contributed by atoms with Crippen molar-refractivity contribution in [1.82, 2.24) is 0 Å². The summed E-state index contributed by atoms with van der Waals surface area (Å²) in [6, 6.07) is 6.31. The van der Waals surface area contributed by atoms with E-state index in [-0.39, 0.29) is 11.5 Å². The van der Waals surface area contributed by atoms with Crippen LogP contribution in [0.4, 0.5) is 5.69 Å². The Kier molecular flexibility index (Phi) is 1.96. The summed E-state index contributed by atoms with van der Waals surface area (Å²) in [5, 5.41) is 8.66. The zero-order chi connectivity index (χ0) is 10.1. The molecule has 0 spiro atoms. The number of aromatic carboxylic acids is 1. The van der Waals surface area contributed by atoms with Crippen molar-refractivity contribution in [3.8, 4) is 0 Å². The van der Waals surface area contributed by atoms with E-state index in [1.807, 2.05) is 0 Å². The minimum Gasteiger partial charge on any atom is -0.478 e. The summed E-state index contributed by atoms with van der Waals surface area (Å²) in [7, 11) is 0. The fraction of sp³-hybridized carbons (Fsp3) is 0.200. The zero-order valence-electron chi connectivity index (χ0n) is 7.43. The van der Waals surface area contributed by atoms with E-state index in [0.29, 0.717) is 6.42 Å². The van der Waals surface area contributed by atoms with E-state index >= 15 is 0 Å². The summed E-state index contributed by atoms with van der Waals surface area (Å²) in [5.41, 5.74) is 1.01. The maximum Gasteiger partial charge on any atom is 0.335 e. The number of carboxylic acid groups (broad SMARTS) is 1. The Morgan fingerprint density at radius 1 is 1.29 bits per heavy atom. The van der Waals surface area contributed by atoms with Gasteiger partial charge in [0.25, 0.3) is 0 Å². The Bertz CT molecular complexity index is 383. The predicted octanol–water partition coefficient (Wildman–Crippen LogP) is 1.12. The average molecular weight is 191 g/mol. The molecule has 1 aromatic carbocycles. The molecular weight excluding hydrogens is 182 g/mol. The van der Waals surface area contributed by atoms with Crippen LogP contribution in [0.25, 0.3) is 0 Å². The van der Waals surface area contributed by atoms with Gasteiger partial charge in [0.2, 0.25) is 5.91 Å². The SMILES string of the molecule is O=C(O)c1ccc(N2CCC2=O)cc1. The lowest BCUT2D eigenvalue weighted by atomic mass is 10.1. The highest BCUT2D eigenvalue weighted by Crippen LogP contribution is 2.21. The van der Waals surface area contributed by atoms with Gasteiger partial charge in [-0.1, -0.05) is 0 Å². The van der Waals surface area contributed by atoms with Gasteiger partial charge in [-0.05, 0) is 24.3 Å². The smallest absolute Gasteiger partial charge is 0.335 e. The van der Waals surface area contributed by atoms with Crippen LogP contribution < -0.4 is 4.90 Å². The van der Waals surface area contributed by atoms with Gasteiger partial charge in [0.15, 0.2) is 0 Å². The lowest BCUT2D eigenvalue weighted by Crippen LogP contribution is -2.43. The molecule has 1 heterocycles. The molecule has 4 nitrogen and oxygen atoms in total. The molecule has 1 aromatic rings. The molecule has 0 bridgehead atoms. The number of benzene rings is 1. The minimum atomic E-state index is -0.952. The van der Waals surface area contributed by atoms with Crippen molar-refractivity contribution in [2.75, 3.05) is 11.4 Å². The summed E-state index contributed by atoms with van der Waals surface area (Å²) in [6.45, 7) is 0.727. The van der Waals surface area contributed by atoms with Crippen molar-refractivity contribution in [2.45, 2.75) is 6.42 Å². The molecule has 1 N–H and O–H groups in total. The maximum absolute atomic E-state index is 11.1. The largest absolute Gasteiger partial charge is 0.478 e. The van der Waals surface area contributed by atoms with Crippen molar-refractivity contribution in [3.63, 3.8) is 0 Å². The van der Waals surface area contributed by atoms with E-state index in [9.17, 15) is 9.59 Å². The van der Waals surface area contributed by atoms with Gasteiger partial charge in [0.1, 0.15) is 0 Å². The van der Waals surface area contributed by atoms with Crippen LogP contribution in [0.2, 0.25) is 0 Å². The summed E-state index contributed by atoms with van der Waals surface area (Å²) in [6.07, 6.45) is 0.584. The number of anilines is 1. The van der Waals surface area contributed by atoms with Crippen LogP contribution in [-0.2, 0) is 4.79 Å². The van der Waals surface area contributed by atoms with Crippen molar-refractivity contribution >= 4 is 17.6 Å². The molecule has 14 heavy (non-hydrogen) atoms. The minimum absolute atomic E-state index is 0.0908. The number of rotatable bonds is 2. The number of β-lactam (4-membered cyclic amide) rings is 1.